The number of thiophene rings is 1. The molecule has 0 spiro atoms. The molecule has 0 fully saturated rings. The van der Waals surface area contributed by atoms with Crippen molar-refractivity contribution >= 4 is 33.3 Å². The molecule has 1 aromatic carbocycles. The number of nitrogens with zero attached hydrogens (tertiary/aromatic N) is 2. The van der Waals surface area contributed by atoms with Gasteiger partial charge in [0.15, 0.2) is 16.7 Å². The van der Waals surface area contributed by atoms with Gasteiger partial charge in [-0.3, -0.25) is 9.36 Å². The van der Waals surface area contributed by atoms with Crippen LogP contribution in [0.1, 0.15) is 17.4 Å². The van der Waals surface area contributed by atoms with Gasteiger partial charge in [-0.15, -0.1) is 11.3 Å². The van der Waals surface area contributed by atoms with Gasteiger partial charge in [0.05, 0.1) is 19.1 Å². The van der Waals surface area contributed by atoms with E-state index in [2.05, 4.69) is 0 Å². The number of thioether (sulfide) groups is 1. The van der Waals surface area contributed by atoms with Crippen molar-refractivity contribution in [2.75, 3.05) is 19.5 Å². The largest absolute Gasteiger partial charge is 0.493 e. The molecule has 0 atom stereocenters. The number of methoxy groups -OCH3 is 1. The molecule has 0 aliphatic rings. The van der Waals surface area contributed by atoms with Crippen molar-refractivity contribution in [1.29, 1.82) is 0 Å². The van der Waals surface area contributed by atoms with Crippen molar-refractivity contribution in [2.45, 2.75) is 32.5 Å². The van der Waals surface area contributed by atoms with Crippen molar-refractivity contribution in [3.05, 3.63) is 45.1 Å². The van der Waals surface area contributed by atoms with E-state index in [1.54, 1.807) is 34.8 Å². The minimum absolute atomic E-state index is 0.0486. The number of ether oxygens (including phenoxy) is 2. The summed E-state index contributed by atoms with van der Waals surface area (Å²) < 4.78 is 12.8. The van der Waals surface area contributed by atoms with E-state index in [0.29, 0.717) is 24.7 Å². The second-order valence-corrected chi connectivity index (χ2v) is 8.02. The van der Waals surface area contributed by atoms with Crippen molar-refractivity contribution in [2.24, 2.45) is 0 Å². The van der Waals surface area contributed by atoms with Gasteiger partial charge in [-0.05, 0) is 38.5 Å². The van der Waals surface area contributed by atoms with E-state index in [-0.39, 0.29) is 5.56 Å². The molecular formula is C19H22N2O3S2. The van der Waals surface area contributed by atoms with Crippen LogP contribution >= 0.6 is 23.1 Å². The lowest BCUT2D eigenvalue weighted by molar-refractivity contribution is 0.313. The monoisotopic (exact) mass is 390 g/mol. The molecule has 3 aromatic rings. The highest BCUT2D eigenvalue weighted by Crippen LogP contribution is 2.29. The summed E-state index contributed by atoms with van der Waals surface area (Å²) in [4.78, 5) is 19.5. The smallest absolute Gasteiger partial charge is 0.263 e. The second-order valence-electron chi connectivity index (χ2n) is 5.75. The van der Waals surface area contributed by atoms with Crippen LogP contribution in [0.3, 0.4) is 0 Å². The normalized spacial score (nSPS) is 11.1. The molecule has 2 heterocycles. The molecule has 138 valence electrons. The molecule has 0 N–H and O–H groups in total. The van der Waals surface area contributed by atoms with Crippen molar-refractivity contribution in [3.8, 4) is 11.5 Å². The number of para-hydroxylation sites is 2. The summed E-state index contributed by atoms with van der Waals surface area (Å²) in [5, 5.41) is 1.50. The third-order valence-electron chi connectivity index (χ3n) is 4.21. The highest BCUT2D eigenvalue weighted by molar-refractivity contribution is 7.99. The first-order chi connectivity index (χ1) is 12.6. The molecule has 26 heavy (non-hydrogen) atoms. The summed E-state index contributed by atoms with van der Waals surface area (Å²) in [5.41, 5.74) is 1.09. The lowest BCUT2D eigenvalue weighted by atomic mass is 10.2. The van der Waals surface area contributed by atoms with E-state index in [9.17, 15) is 4.79 Å². The fraction of sp³-hybridized carbons (Fsp3) is 0.368. The fourth-order valence-electron chi connectivity index (χ4n) is 2.72. The minimum Gasteiger partial charge on any atom is -0.493 e. The number of benzene rings is 1. The highest BCUT2D eigenvalue weighted by Gasteiger charge is 2.16. The first kappa shape index (κ1) is 18.8. The summed E-state index contributed by atoms with van der Waals surface area (Å²) in [6.07, 6.45) is 0. The Morgan fingerprint density at radius 2 is 1.96 bits per heavy atom. The molecule has 0 aliphatic heterocycles. The summed E-state index contributed by atoms with van der Waals surface area (Å²) in [5.74, 6) is 2.13. The standard InChI is InChI=1S/C19H22N2O3S2/c1-5-21-18(22)16-12(2)13(3)26-17(16)20-19(21)25-11-10-24-15-9-7-6-8-14(15)23-4/h6-9H,5,10-11H2,1-4H3. The molecule has 5 nitrogen and oxygen atoms in total. The average Bonchev–Trinajstić information content (AvgIpc) is 2.93. The zero-order valence-corrected chi connectivity index (χ0v) is 17.0. The Labute approximate surface area is 161 Å². The van der Waals surface area contributed by atoms with Gasteiger partial charge >= 0.3 is 0 Å². The van der Waals surface area contributed by atoms with Gasteiger partial charge in [-0.25, -0.2) is 4.98 Å². The van der Waals surface area contributed by atoms with E-state index >= 15 is 0 Å². The SMILES string of the molecule is CCn1c(SCCOc2ccccc2OC)nc2sc(C)c(C)c2c1=O. The number of aryl methyl sites for hydroxylation is 2. The predicted octanol–water partition coefficient (Wildman–Crippen LogP) is 4.27. The van der Waals surface area contributed by atoms with Crippen molar-refractivity contribution < 1.29 is 9.47 Å². The summed E-state index contributed by atoms with van der Waals surface area (Å²) >= 11 is 3.12. The fourth-order valence-corrected chi connectivity index (χ4v) is 4.67. The van der Waals surface area contributed by atoms with Gasteiger partial charge in [-0.2, -0.15) is 0 Å². The van der Waals surface area contributed by atoms with Crippen LogP contribution in [-0.4, -0.2) is 29.0 Å². The van der Waals surface area contributed by atoms with Gasteiger partial charge in [0.25, 0.3) is 5.56 Å². The number of aromatic nitrogens is 2. The van der Waals surface area contributed by atoms with Gasteiger partial charge in [0.2, 0.25) is 0 Å². The first-order valence-electron chi connectivity index (χ1n) is 8.46. The lowest BCUT2D eigenvalue weighted by Crippen LogP contribution is -2.22. The summed E-state index contributed by atoms with van der Waals surface area (Å²) in [6.45, 7) is 7.10. The number of hydrogen-bond donors (Lipinski definition) is 0. The molecule has 0 aliphatic carbocycles. The highest BCUT2D eigenvalue weighted by atomic mass is 32.2. The van der Waals surface area contributed by atoms with E-state index in [1.807, 2.05) is 45.0 Å². The van der Waals surface area contributed by atoms with E-state index in [4.69, 9.17) is 14.5 Å². The topological polar surface area (TPSA) is 53.4 Å². The average molecular weight is 391 g/mol. The zero-order valence-electron chi connectivity index (χ0n) is 15.4. The van der Waals surface area contributed by atoms with Crippen LogP contribution in [0.5, 0.6) is 11.5 Å². The number of hydrogen-bond acceptors (Lipinski definition) is 6. The molecule has 3 rings (SSSR count). The van der Waals surface area contributed by atoms with Crippen LogP contribution < -0.4 is 15.0 Å². The predicted molar refractivity (Wildman–Crippen MR) is 108 cm³/mol. The number of rotatable bonds is 7. The quantitative estimate of drug-likeness (QED) is 0.342. The summed E-state index contributed by atoms with van der Waals surface area (Å²) in [6, 6.07) is 7.57. The van der Waals surface area contributed by atoms with Crippen LogP contribution in [-0.2, 0) is 6.54 Å². The Hall–Kier alpha value is -1.99. The van der Waals surface area contributed by atoms with E-state index in [0.717, 1.165) is 31.6 Å². The summed E-state index contributed by atoms with van der Waals surface area (Å²) in [7, 11) is 1.63. The Bertz CT molecular complexity index is 979. The molecule has 0 radical (unpaired) electrons. The maximum Gasteiger partial charge on any atom is 0.263 e. The maximum atomic E-state index is 12.8. The van der Waals surface area contributed by atoms with Crippen LogP contribution in [0, 0.1) is 13.8 Å². The van der Waals surface area contributed by atoms with E-state index in [1.165, 1.54) is 0 Å². The second kappa shape index (κ2) is 8.14. The zero-order chi connectivity index (χ0) is 18.7. The molecule has 0 amide bonds. The molecule has 0 saturated carbocycles. The van der Waals surface area contributed by atoms with Gasteiger partial charge in [0, 0.05) is 17.2 Å². The molecule has 0 saturated heterocycles. The van der Waals surface area contributed by atoms with E-state index < -0.39 is 0 Å². The maximum absolute atomic E-state index is 12.8. The van der Waals surface area contributed by atoms with Crippen LogP contribution in [0.4, 0.5) is 0 Å². The third-order valence-corrected chi connectivity index (χ3v) is 6.25. The Morgan fingerprint density at radius 3 is 2.65 bits per heavy atom. The van der Waals surface area contributed by atoms with Crippen molar-refractivity contribution in [3.63, 3.8) is 0 Å². The molecule has 0 bridgehead atoms. The third kappa shape index (κ3) is 3.59. The van der Waals surface area contributed by atoms with Crippen LogP contribution in [0.15, 0.2) is 34.2 Å². The lowest BCUT2D eigenvalue weighted by Gasteiger charge is -2.12. The Balaban J connectivity index is 1.75. The molecule has 7 heteroatoms. The first-order valence-corrected chi connectivity index (χ1v) is 10.3. The molecular weight excluding hydrogens is 368 g/mol. The van der Waals surface area contributed by atoms with Gasteiger partial charge < -0.3 is 9.47 Å². The minimum atomic E-state index is 0.0486. The van der Waals surface area contributed by atoms with Gasteiger partial charge in [0.1, 0.15) is 4.83 Å². The molecule has 2 aromatic heterocycles. The van der Waals surface area contributed by atoms with Crippen molar-refractivity contribution in [1.82, 2.24) is 9.55 Å². The Morgan fingerprint density at radius 1 is 1.23 bits per heavy atom. The van der Waals surface area contributed by atoms with Crippen LogP contribution in [0.2, 0.25) is 0 Å². The molecule has 0 unspecified atom stereocenters. The van der Waals surface area contributed by atoms with Gasteiger partial charge in [-0.1, -0.05) is 23.9 Å². The van der Waals surface area contributed by atoms with Crippen LogP contribution in [0.25, 0.3) is 10.2 Å². The Kier molecular flexibility index (Phi) is 5.88. The number of fused-ring (bicyclic) bond motifs is 1.